The third-order valence-corrected chi connectivity index (χ3v) is 4.25. The van der Waals surface area contributed by atoms with Crippen molar-refractivity contribution in [2.45, 2.75) is 38.5 Å². The lowest BCUT2D eigenvalue weighted by Crippen LogP contribution is -2.42. The Kier molecular flexibility index (Phi) is 4.04. The summed E-state index contributed by atoms with van der Waals surface area (Å²) in [7, 11) is 0. The minimum Gasteiger partial charge on any atom is -0.481 e. The molecule has 1 aliphatic carbocycles. The summed E-state index contributed by atoms with van der Waals surface area (Å²) in [4.78, 5) is 11.4. The fraction of sp³-hybridized carbons (Fsp3) is 0.562. The van der Waals surface area contributed by atoms with Crippen LogP contribution in [0.3, 0.4) is 0 Å². The van der Waals surface area contributed by atoms with Crippen molar-refractivity contribution in [1.29, 1.82) is 0 Å². The molecule has 1 aromatic rings. The van der Waals surface area contributed by atoms with E-state index in [-0.39, 0.29) is 12.0 Å². The fourth-order valence-corrected chi connectivity index (χ4v) is 2.46. The first kappa shape index (κ1) is 14.9. The van der Waals surface area contributed by atoms with Gasteiger partial charge < -0.3 is 15.5 Å². The summed E-state index contributed by atoms with van der Waals surface area (Å²) < 4.78 is 0. The number of benzene rings is 1. The Morgan fingerprint density at radius 2 is 1.90 bits per heavy atom. The first-order valence-corrected chi connectivity index (χ1v) is 7.08. The summed E-state index contributed by atoms with van der Waals surface area (Å²) in [5.41, 5.74) is 1.01. The van der Waals surface area contributed by atoms with Crippen LogP contribution in [0.2, 0.25) is 0 Å². The summed E-state index contributed by atoms with van der Waals surface area (Å²) >= 11 is 0. The van der Waals surface area contributed by atoms with Gasteiger partial charge in [-0.05, 0) is 30.5 Å². The predicted molar refractivity (Wildman–Crippen MR) is 79.0 cm³/mol. The minimum atomic E-state index is -0.717. The van der Waals surface area contributed by atoms with Gasteiger partial charge in [0, 0.05) is 24.3 Å². The van der Waals surface area contributed by atoms with Crippen LogP contribution in [0.4, 0.5) is 5.69 Å². The molecule has 1 aliphatic rings. The molecule has 3 N–H and O–H groups in total. The van der Waals surface area contributed by atoms with Gasteiger partial charge in [0.05, 0.1) is 5.41 Å². The number of carbonyl (C=O) groups is 1. The third-order valence-electron chi connectivity index (χ3n) is 4.25. The molecular formula is C16H23NO3. The summed E-state index contributed by atoms with van der Waals surface area (Å²) in [5.74, 6) is -0.717. The van der Waals surface area contributed by atoms with Crippen LogP contribution >= 0.6 is 0 Å². The summed E-state index contributed by atoms with van der Waals surface area (Å²) in [6, 6.07) is 7.65. The van der Waals surface area contributed by atoms with Gasteiger partial charge in [0.1, 0.15) is 0 Å². The fourth-order valence-electron chi connectivity index (χ4n) is 2.46. The number of nitrogens with one attached hydrogen (secondary N) is 1. The smallest absolute Gasteiger partial charge is 0.314 e. The summed E-state index contributed by atoms with van der Waals surface area (Å²) in [6.07, 6.45) is 2.44. The van der Waals surface area contributed by atoms with Crippen LogP contribution in [-0.2, 0) is 10.2 Å². The molecule has 0 aromatic heterocycles. The molecule has 20 heavy (non-hydrogen) atoms. The zero-order chi connectivity index (χ0) is 14.8. The topological polar surface area (TPSA) is 69.6 Å². The average molecular weight is 277 g/mol. The van der Waals surface area contributed by atoms with E-state index in [1.54, 1.807) is 0 Å². The number of aliphatic carboxylic acids is 1. The maximum Gasteiger partial charge on any atom is 0.314 e. The van der Waals surface area contributed by atoms with Gasteiger partial charge in [0.15, 0.2) is 0 Å². The maximum absolute atomic E-state index is 11.4. The molecule has 0 heterocycles. The minimum absolute atomic E-state index is 0.125. The second-order valence-corrected chi connectivity index (χ2v) is 6.49. The molecular weight excluding hydrogens is 254 g/mol. The number of aliphatic hydroxyl groups excluding tert-OH is 1. The van der Waals surface area contributed by atoms with Crippen molar-refractivity contribution in [3.8, 4) is 0 Å². The van der Waals surface area contributed by atoms with Crippen LogP contribution in [0.5, 0.6) is 0 Å². The van der Waals surface area contributed by atoms with Gasteiger partial charge in [0.2, 0.25) is 0 Å². The van der Waals surface area contributed by atoms with E-state index in [1.807, 2.05) is 38.1 Å². The third kappa shape index (κ3) is 2.80. The Morgan fingerprint density at radius 3 is 2.30 bits per heavy atom. The van der Waals surface area contributed by atoms with E-state index in [1.165, 1.54) is 0 Å². The van der Waals surface area contributed by atoms with Crippen molar-refractivity contribution in [2.24, 2.45) is 5.41 Å². The second kappa shape index (κ2) is 5.44. The molecule has 0 unspecified atom stereocenters. The van der Waals surface area contributed by atoms with E-state index in [2.05, 4.69) is 5.32 Å². The van der Waals surface area contributed by atoms with Crippen molar-refractivity contribution < 1.29 is 15.0 Å². The van der Waals surface area contributed by atoms with Crippen LogP contribution in [-0.4, -0.2) is 29.3 Å². The quantitative estimate of drug-likeness (QED) is 0.747. The normalized spacial score (nSPS) is 17.4. The van der Waals surface area contributed by atoms with E-state index >= 15 is 0 Å². The van der Waals surface area contributed by atoms with Crippen LogP contribution in [0.25, 0.3) is 0 Å². The average Bonchev–Trinajstić information content (AvgIpc) is 2.36. The number of carboxylic acid groups (broad SMARTS) is 1. The molecule has 0 bridgehead atoms. The second-order valence-electron chi connectivity index (χ2n) is 6.49. The molecule has 0 atom stereocenters. The first-order chi connectivity index (χ1) is 9.39. The molecule has 4 heteroatoms. The Labute approximate surface area is 119 Å². The highest BCUT2D eigenvalue weighted by molar-refractivity contribution is 5.82. The van der Waals surface area contributed by atoms with E-state index < -0.39 is 11.4 Å². The highest BCUT2D eigenvalue weighted by Crippen LogP contribution is 2.44. The molecule has 0 amide bonds. The first-order valence-electron chi connectivity index (χ1n) is 7.08. The standard InChI is InChI=1S/C16H23NO3/c1-15(2,11-18)10-17-13-6-4-12(5-7-13)16(14(19)20)8-3-9-16/h4-7,17-18H,3,8-11H2,1-2H3,(H,19,20). The monoisotopic (exact) mass is 277 g/mol. The van der Waals surface area contributed by atoms with E-state index in [9.17, 15) is 15.0 Å². The zero-order valence-electron chi connectivity index (χ0n) is 12.1. The Balaban J connectivity index is 2.05. The molecule has 1 aromatic carbocycles. The Bertz CT molecular complexity index is 475. The zero-order valence-corrected chi connectivity index (χ0v) is 12.1. The highest BCUT2D eigenvalue weighted by atomic mass is 16.4. The number of hydrogen-bond acceptors (Lipinski definition) is 3. The molecule has 4 nitrogen and oxygen atoms in total. The number of anilines is 1. The van der Waals surface area contributed by atoms with Gasteiger partial charge in [-0.1, -0.05) is 32.4 Å². The molecule has 2 rings (SSSR count). The van der Waals surface area contributed by atoms with E-state index in [0.29, 0.717) is 6.54 Å². The van der Waals surface area contributed by atoms with Crippen LogP contribution in [0.1, 0.15) is 38.7 Å². The van der Waals surface area contributed by atoms with Crippen molar-refractivity contribution >= 4 is 11.7 Å². The molecule has 0 saturated heterocycles. The van der Waals surface area contributed by atoms with Crippen molar-refractivity contribution in [3.05, 3.63) is 29.8 Å². The number of hydrogen-bond donors (Lipinski definition) is 3. The molecule has 0 spiro atoms. The lowest BCUT2D eigenvalue weighted by Gasteiger charge is -2.38. The Morgan fingerprint density at radius 1 is 1.30 bits per heavy atom. The van der Waals surface area contributed by atoms with Gasteiger partial charge in [0.25, 0.3) is 0 Å². The van der Waals surface area contributed by atoms with Gasteiger partial charge in [-0.25, -0.2) is 0 Å². The number of rotatable bonds is 6. The van der Waals surface area contributed by atoms with Crippen molar-refractivity contribution in [2.75, 3.05) is 18.5 Å². The molecule has 0 radical (unpaired) electrons. The lowest BCUT2D eigenvalue weighted by atomic mass is 9.64. The number of carboxylic acids is 1. The van der Waals surface area contributed by atoms with Crippen LogP contribution in [0.15, 0.2) is 24.3 Å². The highest BCUT2D eigenvalue weighted by Gasteiger charge is 2.45. The van der Waals surface area contributed by atoms with Gasteiger partial charge in [-0.3, -0.25) is 4.79 Å². The maximum atomic E-state index is 11.4. The summed E-state index contributed by atoms with van der Waals surface area (Å²) in [5, 5.41) is 21.9. The molecule has 1 saturated carbocycles. The molecule has 110 valence electrons. The SMILES string of the molecule is CC(C)(CO)CNc1ccc(C2(C(=O)O)CCC2)cc1. The van der Waals surface area contributed by atoms with Gasteiger partial charge >= 0.3 is 5.97 Å². The van der Waals surface area contributed by atoms with Gasteiger partial charge in [-0.15, -0.1) is 0 Å². The van der Waals surface area contributed by atoms with E-state index in [4.69, 9.17) is 0 Å². The summed E-state index contributed by atoms with van der Waals surface area (Å²) in [6.45, 7) is 4.78. The lowest BCUT2D eigenvalue weighted by molar-refractivity contribution is -0.147. The number of aliphatic hydroxyl groups is 1. The van der Waals surface area contributed by atoms with Crippen LogP contribution in [0, 0.1) is 5.41 Å². The predicted octanol–water partition coefficient (Wildman–Crippen LogP) is 2.62. The Hall–Kier alpha value is -1.55. The molecule has 1 fully saturated rings. The van der Waals surface area contributed by atoms with Crippen molar-refractivity contribution in [3.63, 3.8) is 0 Å². The van der Waals surface area contributed by atoms with Crippen LogP contribution < -0.4 is 5.32 Å². The van der Waals surface area contributed by atoms with Crippen molar-refractivity contribution in [1.82, 2.24) is 0 Å². The molecule has 0 aliphatic heterocycles. The van der Waals surface area contributed by atoms with Gasteiger partial charge in [-0.2, -0.15) is 0 Å². The van der Waals surface area contributed by atoms with E-state index in [0.717, 1.165) is 30.5 Å². The largest absolute Gasteiger partial charge is 0.481 e.